The highest BCUT2D eigenvalue weighted by molar-refractivity contribution is 5.85. The second kappa shape index (κ2) is 6.48. The number of rotatable bonds is 3. The minimum atomic E-state index is -1.19. The van der Waals surface area contributed by atoms with Crippen molar-refractivity contribution in [1.82, 2.24) is 29.1 Å². The van der Waals surface area contributed by atoms with Gasteiger partial charge in [-0.25, -0.2) is 9.97 Å². The fourth-order valence-electron chi connectivity index (χ4n) is 4.27. The van der Waals surface area contributed by atoms with Crippen molar-refractivity contribution < 1.29 is 20.1 Å². The molecule has 4 heterocycles. The SMILES string of the molecule is OC[C@H]1O[C@@H](n2cnc3c2ncn2c(C4CCCCC4)nnc32)[C@@H](O)C1O. The molecule has 1 saturated carbocycles. The molecule has 144 valence electrons. The van der Waals surface area contributed by atoms with Crippen LogP contribution < -0.4 is 0 Å². The van der Waals surface area contributed by atoms with E-state index in [0.717, 1.165) is 18.7 Å². The van der Waals surface area contributed by atoms with Crippen molar-refractivity contribution in [2.45, 2.75) is 62.6 Å². The van der Waals surface area contributed by atoms with E-state index in [9.17, 15) is 15.3 Å². The van der Waals surface area contributed by atoms with Crippen molar-refractivity contribution >= 4 is 16.8 Å². The van der Waals surface area contributed by atoms with Gasteiger partial charge in [-0.05, 0) is 12.8 Å². The molecule has 3 aromatic heterocycles. The van der Waals surface area contributed by atoms with Crippen molar-refractivity contribution in [3.05, 3.63) is 18.5 Å². The summed E-state index contributed by atoms with van der Waals surface area (Å²) in [7, 11) is 0. The van der Waals surface area contributed by atoms with Crippen LogP contribution in [-0.2, 0) is 4.74 Å². The van der Waals surface area contributed by atoms with Crippen LogP contribution in [0.1, 0.15) is 50.1 Å². The third kappa shape index (κ3) is 2.55. The summed E-state index contributed by atoms with van der Waals surface area (Å²) < 4.78 is 9.05. The Kier molecular flexibility index (Phi) is 4.08. The van der Waals surface area contributed by atoms with Crippen molar-refractivity contribution in [2.75, 3.05) is 6.61 Å². The summed E-state index contributed by atoms with van der Waals surface area (Å²) in [4.78, 5) is 8.90. The normalized spacial score (nSPS) is 29.9. The zero-order valence-electron chi connectivity index (χ0n) is 14.7. The van der Waals surface area contributed by atoms with E-state index in [1.807, 2.05) is 4.40 Å². The Labute approximate surface area is 154 Å². The average molecular weight is 374 g/mol. The van der Waals surface area contributed by atoms with Crippen molar-refractivity contribution in [1.29, 1.82) is 0 Å². The number of hydrogen-bond acceptors (Lipinski definition) is 8. The molecule has 1 aliphatic heterocycles. The van der Waals surface area contributed by atoms with E-state index in [2.05, 4.69) is 20.2 Å². The molecule has 0 bridgehead atoms. The summed E-state index contributed by atoms with van der Waals surface area (Å²) in [5.41, 5.74) is 1.66. The molecular weight excluding hydrogens is 352 g/mol. The third-order valence-corrected chi connectivity index (χ3v) is 5.76. The Morgan fingerprint density at radius 2 is 1.81 bits per heavy atom. The van der Waals surface area contributed by atoms with Gasteiger partial charge in [0.1, 0.15) is 30.5 Å². The molecule has 1 aliphatic carbocycles. The molecule has 4 atom stereocenters. The largest absolute Gasteiger partial charge is 0.394 e. The van der Waals surface area contributed by atoms with Crippen LogP contribution >= 0.6 is 0 Å². The molecule has 5 rings (SSSR count). The third-order valence-electron chi connectivity index (χ3n) is 5.76. The maximum absolute atomic E-state index is 10.3. The van der Waals surface area contributed by atoms with Gasteiger partial charge in [0, 0.05) is 5.92 Å². The smallest absolute Gasteiger partial charge is 0.191 e. The molecule has 0 spiro atoms. The van der Waals surface area contributed by atoms with Crippen molar-refractivity contribution in [3.8, 4) is 0 Å². The molecule has 27 heavy (non-hydrogen) atoms. The van der Waals surface area contributed by atoms with E-state index in [1.54, 1.807) is 10.9 Å². The fraction of sp³-hybridized carbons (Fsp3) is 0.647. The average Bonchev–Trinajstić information content (AvgIpc) is 3.38. The number of imidazole rings is 1. The molecule has 3 aromatic rings. The lowest BCUT2D eigenvalue weighted by molar-refractivity contribution is -0.0511. The lowest BCUT2D eigenvalue weighted by atomic mass is 9.89. The minimum absolute atomic E-state index is 0.381. The van der Waals surface area contributed by atoms with Gasteiger partial charge in [-0.2, -0.15) is 0 Å². The molecule has 0 radical (unpaired) electrons. The quantitative estimate of drug-likeness (QED) is 0.590. The van der Waals surface area contributed by atoms with Gasteiger partial charge in [0.05, 0.1) is 12.9 Å². The first-order valence-corrected chi connectivity index (χ1v) is 9.37. The van der Waals surface area contributed by atoms with Gasteiger partial charge < -0.3 is 20.1 Å². The lowest BCUT2D eigenvalue weighted by Gasteiger charge is -2.19. The topological polar surface area (TPSA) is 131 Å². The van der Waals surface area contributed by atoms with Crippen LogP contribution in [-0.4, -0.2) is 69.4 Å². The van der Waals surface area contributed by atoms with E-state index in [4.69, 9.17) is 4.74 Å². The van der Waals surface area contributed by atoms with E-state index >= 15 is 0 Å². The van der Waals surface area contributed by atoms with Crippen LogP contribution in [0.25, 0.3) is 16.8 Å². The van der Waals surface area contributed by atoms with E-state index in [0.29, 0.717) is 22.7 Å². The van der Waals surface area contributed by atoms with E-state index < -0.39 is 24.5 Å². The van der Waals surface area contributed by atoms with Gasteiger partial charge in [-0.15, -0.1) is 10.2 Å². The molecule has 1 unspecified atom stereocenters. The van der Waals surface area contributed by atoms with E-state index in [-0.39, 0.29) is 6.61 Å². The van der Waals surface area contributed by atoms with Gasteiger partial charge in [0.2, 0.25) is 0 Å². The molecule has 3 N–H and O–H groups in total. The summed E-state index contributed by atoms with van der Waals surface area (Å²) in [6, 6.07) is 0. The molecule has 0 amide bonds. The molecular formula is C17H22N6O4. The maximum Gasteiger partial charge on any atom is 0.191 e. The minimum Gasteiger partial charge on any atom is -0.394 e. The Balaban J connectivity index is 1.56. The Hall–Kier alpha value is -2.14. The molecule has 2 aliphatic rings. The summed E-state index contributed by atoms with van der Waals surface area (Å²) >= 11 is 0. The maximum atomic E-state index is 10.3. The number of hydrogen-bond donors (Lipinski definition) is 3. The standard InChI is InChI=1S/C17H22N6O4/c24-6-10-12(25)13(26)17(27-10)23-7-18-11-15(23)19-8-22-14(20-21-16(11)22)9-4-2-1-3-5-9/h7-10,12-13,17,24-26H,1-6H2/t10-,12?,13+,17-/m1/s1. The number of aliphatic hydroxyl groups is 3. The van der Waals surface area contributed by atoms with Crippen LogP contribution in [0, 0.1) is 0 Å². The molecule has 0 aromatic carbocycles. The summed E-state index contributed by atoms with van der Waals surface area (Å²) in [6.07, 6.45) is 4.99. The number of aliphatic hydroxyl groups excluding tert-OH is 3. The van der Waals surface area contributed by atoms with Gasteiger partial charge in [0.15, 0.2) is 23.0 Å². The molecule has 2 fully saturated rings. The first-order valence-electron chi connectivity index (χ1n) is 9.37. The summed E-state index contributed by atoms with van der Waals surface area (Å²) in [5.74, 6) is 1.30. The van der Waals surface area contributed by atoms with Gasteiger partial charge >= 0.3 is 0 Å². The Morgan fingerprint density at radius 3 is 2.56 bits per heavy atom. The van der Waals surface area contributed by atoms with Gasteiger partial charge in [0.25, 0.3) is 0 Å². The number of nitrogens with zero attached hydrogens (tertiary/aromatic N) is 6. The van der Waals surface area contributed by atoms with Crippen molar-refractivity contribution in [2.24, 2.45) is 0 Å². The fourth-order valence-corrected chi connectivity index (χ4v) is 4.27. The summed E-state index contributed by atoms with van der Waals surface area (Å²) in [5, 5.41) is 38.3. The molecule has 10 heteroatoms. The van der Waals surface area contributed by atoms with Crippen LogP contribution in [0.3, 0.4) is 0 Å². The molecule has 10 nitrogen and oxygen atoms in total. The Bertz CT molecular complexity index is 965. The zero-order valence-corrected chi connectivity index (χ0v) is 14.7. The highest BCUT2D eigenvalue weighted by Gasteiger charge is 2.44. The number of aromatic nitrogens is 6. The Morgan fingerprint density at radius 1 is 1.00 bits per heavy atom. The zero-order chi connectivity index (χ0) is 18.5. The highest BCUT2D eigenvalue weighted by Crippen LogP contribution is 2.34. The van der Waals surface area contributed by atoms with Crippen LogP contribution in [0.4, 0.5) is 0 Å². The predicted octanol–water partition coefficient (Wildman–Crippen LogP) is 0.133. The second-order valence-corrected chi connectivity index (χ2v) is 7.38. The van der Waals surface area contributed by atoms with Gasteiger partial charge in [-0.3, -0.25) is 8.97 Å². The number of ether oxygens (including phenoxy) is 1. The lowest BCUT2D eigenvalue weighted by Crippen LogP contribution is -2.33. The highest BCUT2D eigenvalue weighted by atomic mass is 16.6. The summed E-state index contributed by atoms with van der Waals surface area (Å²) in [6.45, 7) is -0.381. The second-order valence-electron chi connectivity index (χ2n) is 7.38. The monoisotopic (exact) mass is 374 g/mol. The molecule has 1 saturated heterocycles. The predicted molar refractivity (Wildman–Crippen MR) is 92.9 cm³/mol. The van der Waals surface area contributed by atoms with Crippen LogP contribution in [0.5, 0.6) is 0 Å². The first kappa shape index (κ1) is 17.0. The van der Waals surface area contributed by atoms with Gasteiger partial charge in [-0.1, -0.05) is 19.3 Å². The number of fused-ring (bicyclic) bond motifs is 3. The van der Waals surface area contributed by atoms with Crippen LogP contribution in [0.15, 0.2) is 12.7 Å². The van der Waals surface area contributed by atoms with Crippen molar-refractivity contribution in [3.63, 3.8) is 0 Å². The van der Waals surface area contributed by atoms with Crippen LogP contribution in [0.2, 0.25) is 0 Å². The van der Waals surface area contributed by atoms with E-state index in [1.165, 1.54) is 25.6 Å². The first-order chi connectivity index (χ1) is 13.2.